The summed E-state index contributed by atoms with van der Waals surface area (Å²) in [6.07, 6.45) is 1.49. The first-order valence-corrected chi connectivity index (χ1v) is 10.8. The Morgan fingerprint density at radius 3 is 2.22 bits per heavy atom. The zero-order valence-electron chi connectivity index (χ0n) is 20.1. The highest BCUT2D eigenvalue weighted by molar-refractivity contribution is 5.92. The van der Waals surface area contributed by atoms with E-state index < -0.39 is 29.5 Å². The molecule has 0 atom stereocenters. The SMILES string of the molecule is COc1cc(NC(=O)Cn2c(=O)n(Cc3ccc(F)cc3)c(=O)c3nn(C)cc32)cc(OC)c1OC. The highest BCUT2D eigenvalue weighted by atomic mass is 19.1. The van der Waals surface area contributed by atoms with Crippen LogP contribution < -0.4 is 30.8 Å². The Morgan fingerprint density at radius 2 is 1.64 bits per heavy atom. The lowest BCUT2D eigenvalue weighted by Crippen LogP contribution is -2.41. The summed E-state index contributed by atoms with van der Waals surface area (Å²) in [5, 5.41) is 6.88. The second-order valence-electron chi connectivity index (χ2n) is 7.89. The summed E-state index contributed by atoms with van der Waals surface area (Å²) in [5.74, 6) is 0.0634. The van der Waals surface area contributed by atoms with Crippen LogP contribution in [0.15, 0.2) is 52.2 Å². The lowest BCUT2D eigenvalue weighted by Gasteiger charge is -2.15. The Labute approximate surface area is 204 Å². The normalized spacial score (nSPS) is 10.9. The Morgan fingerprint density at radius 1 is 1.00 bits per heavy atom. The molecule has 0 unspecified atom stereocenters. The van der Waals surface area contributed by atoms with E-state index >= 15 is 0 Å². The maximum atomic E-state index is 13.3. The Bertz CT molecular complexity index is 1530. The number of anilines is 1. The zero-order chi connectivity index (χ0) is 26.0. The first-order valence-electron chi connectivity index (χ1n) is 10.8. The van der Waals surface area contributed by atoms with Crippen LogP contribution in [0.1, 0.15) is 5.56 Å². The van der Waals surface area contributed by atoms with Gasteiger partial charge in [0, 0.05) is 31.1 Å². The van der Waals surface area contributed by atoms with Gasteiger partial charge in [-0.15, -0.1) is 0 Å². The predicted octanol–water partition coefficient (Wildman–Crippen LogP) is 1.75. The minimum atomic E-state index is -0.704. The summed E-state index contributed by atoms with van der Waals surface area (Å²) in [5.41, 5.74) is -0.183. The Kier molecular flexibility index (Phi) is 6.77. The molecule has 2 aromatic heterocycles. The molecule has 2 aromatic carbocycles. The zero-order valence-corrected chi connectivity index (χ0v) is 20.1. The van der Waals surface area contributed by atoms with Gasteiger partial charge in [-0.05, 0) is 17.7 Å². The van der Waals surface area contributed by atoms with Crippen LogP contribution in [0.5, 0.6) is 17.2 Å². The number of aryl methyl sites for hydroxylation is 1. The molecule has 1 amide bonds. The first kappa shape index (κ1) is 24.5. The molecule has 0 saturated heterocycles. The average Bonchev–Trinajstić information content (AvgIpc) is 3.26. The third-order valence-electron chi connectivity index (χ3n) is 5.51. The molecule has 0 aliphatic heterocycles. The molecule has 4 aromatic rings. The van der Waals surface area contributed by atoms with E-state index in [9.17, 15) is 18.8 Å². The quantitative estimate of drug-likeness (QED) is 0.394. The van der Waals surface area contributed by atoms with Crippen LogP contribution >= 0.6 is 0 Å². The molecule has 0 saturated carbocycles. The third kappa shape index (κ3) is 4.65. The number of nitrogens with zero attached hydrogens (tertiary/aromatic N) is 4. The number of methoxy groups -OCH3 is 3. The molecule has 4 rings (SSSR count). The van der Waals surface area contributed by atoms with Crippen molar-refractivity contribution >= 4 is 22.6 Å². The van der Waals surface area contributed by atoms with E-state index in [0.717, 1.165) is 4.57 Å². The van der Waals surface area contributed by atoms with Crippen molar-refractivity contribution in [3.05, 3.63) is 74.8 Å². The number of benzene rings is 2. The number of fused-ring (bicyclic) bond motifs is 1. The predicted molar refractivity (Wildman–Crippen MR) is 129 cm³/mol. The maximum absolute atomic E-state index is 13.3. The summed E-state index contributed by atoms with van der Waals surface area (Å²) in [6, 6.07) is 8.54. The van der Waals surface area contributed by atoms with Crippen molar-refractivity contribution in [1.82, 2.24) is 18.9 Å². The number of rotatable bonds is 8. The monoisotopic (exact) mass is 497 g/mol. The van der Waals surface area contributed by atoms with Crippen molar-refractivity contribution < 1.29 is 23.4 Å². The van der Waals surface area contributed by atoms with Gasteiger partial charge in [0.1, 0.15) is 12.4 Å². The fraction of sp³-hybridized carbons (Fsp3) is 0.250. The third-order valence-corrected chi connectivity index (χ3v) is 5.51. The topological polar surface area (TPSA) is 119 Å². The number of hydrogen-bond donors (Lipinski definition) is 1. The van der Waals surface area contributed by atoms with E-state index in [-0.39, 0.29) is 17.6 Å². The molecule has 1 N–H and O–H groups in total. The lowest BCUT2D eigenvalue weighted by atomic mass is 10.2. The first-order chi connectivity index (χ1) is 17.2. The highest BCUT2D eigenvalue weighted by Gasteiger charge is 2.20. The number of nitrogens with one attached hydrogen (secondary N) is 1. The molecule has 0 bridgehead atoms. The Hall–Kier alpha value is -4.61. The van der Waals surface area contributed by atoms with Gasteiger partial charge in [0.25, 0.3) is 5.56 Å². The van der Waals surface area contributed by atoms with Crippen LogP contribution in [0.4, 0.5) is 10.1 Å². The molecule has 0 aliphatic rings. The number of carbonyl (C=O) groups is 1. The molecule has 0 spiro atoms. The van der Waals surface area contributed by atoms with Crippen LogP contribution in [-0.4, -0.2) is 46.2 Å². The number of halogens is 1. The maximum Gasteiger partial charge on any atom is 0.332 e. The second kappa shape index (κ2) is 9.94. The second-order valence-corrected chi connectivity index (χ2v) is 7.89. The summed E-state index contributed by atoms with van der Waals surface area (Å²) in [7, 11) is 5.97. The van der Waals surface area contributed by atoms with Crippen molar-refractivity contribution in [2.24, 2.45) is 7.05 Å². The number of ether oxygens (including phenoxy) is 3. The van der Waals surface area contributed by atoms with Crippen LogP contribution in [0.25, 0.3) is 11.0 Å². The van der Waals surface area contributed by atoms with Gasteiger partial charge in [-0.1, -0.05) is 12.1 Å². The van der Waals surface area contributed by atoms with Crippen molar-refractivity contribution in [2.45, 2.75) is 13.1 Å². The van der Waals surface area contributed by atoms with E-state index in [1.807, 2.05) is 0 Å². The molecular weight excluding hydrogens is 473 g/mol. The molecule has 0 radical (unpaired) electrons. The molecule has 0 fully saturated rings. The molecule has 188 valence electrons. The average molecular weight is 497 g/mol. The summed E-state index contributed by atoms with van der Waals surface area (Å²) < 4.78 is 32.7. The van der Waals surface area contributed by atoms with Gasteiger partial charge in [-0.25, -0.2) is 9.18 Å². The van der Waals surface area contributed by atoms with E-state index in [1.165, 1.54) is 61.0 Å². The standard InChI is InChI=1S/C24H24FN5O6/c1-28-12-17-21(27-28)23(32)30(11-14-5-7-15(25)8-6-14)24(33)29(17)13-20(31)26-16-9-18(34-2)22(36-4)19(10-16)35-3/h5-10,12H,11,13H2,1-4H3,(H,26,31). The van der Waals surface area contributed by atoms with Gasteiger partial charge in [0.05, 0.1) is 33.4 Å². The van der Waals surface area contributed by atoms with Gasteiger partial charge >= 0.3 is 5.69 Å². The molecular formula is C24H24FN5O6. The fourth-order valence-corrected chi connectivity index (χ4v) is 3.85. The summed E-state index contributed by atoms with van der Waals surface area (Å²) in [4.78, 5) is 39.3. The number of carbonyl (C=O) groups excluding carboxylic acids is 1. The minimum Gasteiger partial charge on any atom is -0.493 e. The largest absolute Gasteiger partial charge is 0.493 e. The minimum absolute atomic E-state index is 0.0276. The van der Waals surface area contributed by atoms with E-state index in [0.29, 0.717) is 28.5 Å². The van der Waals surface area contributed by atoms with Crippen LogP contribution in [0.3, 0.4) is 0 Å². The van der Waals surface area contributed by atoms with Crippen molar-refractivity contribution in [2.75, 3.05) is 26.6 Å². The van der Waals surface area contributed by atoms with Crippen LogP contribution in [-0.2, 0) is 24.9 Å². The van der Waals surface area contributed by atoms with Crippen molar-refractivity contribution in [1.29, 1.82) is 0 Å². The van der Waals surface area contributed by atoms with Crippen LogP contribution in [0, 0.1) is 5.82 Å². The van der Waals surface area contributed by atoms with E-state index in [2.05, 4.69) is 10.4 Å². The fourth-order valence-electron chi connectivity index (χ4n) is 3.85. The molecule has 11 nitrogen and oxygen atoms in total. The number of aromatic nitrogens is 4. The van der Waals surface area contributed by atoms with Crippen molar-refractivity contribution in [3.63, 3.8) is 0 Å². The van der Waals surface area contributed by atoms with Gasteiger partial charge in [-0.2, -0.15) is 5.10 Å². The van der Waals surface area contributed by atoms with Crippen LogP contribution in [0.2, 0.25) is 0 Å². The molecule has 2 heterocycles. The Balaban J connectivity index is 1.72. The number of hydrogen-bond acceptors (Lipinski definition) is 7. The molecule has 36 heavy (non-hydrogen) atoms. The number of amides is 1. The van der Waals surface area contributed by atoms with E-state index in [4.69, 9.17) is 14.2 Å². The molecule has 0 aliphatic carbocycles. The summed E-state index contributed by atoms with van der Waals surface area (Å²) >= 11 is 0. The van der Waals surface area contributed by atoms with Gasteiger partial charge < -0.3 is 19.5 Å². The highest BCUT2D eigenvalue weighted by Crippen LogP contribution is 2.39. The lowest BCUT2D eigenvalue weighted by molar-refractivity contribution is -0.116. The summed E-state index contributed by atoms with van der Waals surface area (Å²) in [6.45, 7) is -0.514. The van der Waals surface area contributed by atoms with Gasteiger partial charge in [0.2, 0.25) is 11.7 Å². The van der Waals surface area contributed by atoms with E-state index in [1.54, 1.807) is 19.2 Å². The van der Waals surface area contributed by atoms with Gasteiger partial charge in [-0.3, -0.25) is 23.4 Å². The van der Waals surface area contributed by atoms with Crippen molar-refractivity contribution in [3.8, 4) is 17.2 Å². The smallest absolute Gasteiger partial charge is 0.332 e. The molecule has 12 heteroatoms. The van der Waals surface area contributed by atoms with Gasteiger partial charge in [0.15, 0.2) is 17.0 Å².